The molecule has 112 valence electrons. The Labute approximate surface area is 121 Å². The number of amides is 1. The Morgan fingerprint density at radius 1 is 1.25 bits per heavy atom. The molecule has 1 amide bonds. The summed E-state index contributed by atoms with van der Waals surface area (Å²) in [5.41, 5.74) is 6.19. The molecule has 5 nitrogen and oxygen atoms in total. The molecule has 0 unspecified atom stereocenters. The average Bonchev–Trinajstić information content (AvgIpc) is 2.41. The number of hydrogen-bond acceptors (Lipinski definition) is 4. The predicted octanol–water partition coefficient (Wildman–Crippen LogP) is 1.69. The molecule has 1 aromatic rings. The zero-order chi connectivity index (χ0) is 14.8. The van der Waals surface area contributed by atoms with E-state index in [9.17, 15) is 4.79 Å². The maximum atomic E-state index is 11.6. The first-order valence-electron chi connectivity index (χ1n) is 6.99. The number of ether oxygens (including phenoxy) is 1. The van der Waals surface area contributed by atoms with Gasteiger partial charge < -0.3 is 20.7 Å². The monoisotopic (exact) mass is 279 g/mol. The second-order valence-electron chi connectivity index (χ2n) is 4.97. The van der Waals surface area contributed by atoms with Crippen molar-refractivity contribution in [3.05, 3.63) is 24.3 Å². The van der Waals surface area contributed by atoms with E-state index < -0.39 is 0 Å². The molecule has 0 atom stereocenters. The molecule has 20 heavy (non-hydrogen) atoms. The van der Waals surface area contributed by atoms with E-state index in [0.717, 1.165) is 30.8 Å². The van der Waals surface area contributed by atoms with Gasteiger partial charge in [0.2, 0.25) is 5.91 Å². The normalized spacial score (nSPS) is 10.6. The fourth-order valence-corrected chi connectivity index (χ4v) is 1.63. The van der Waals surface area contributed by atoms with E-state index in [-0.39, 0.29) is 5.91 Å². The Balaban J connectivity index is 2.32. The summed E-state index contributed by atoms with van der Waals surface area (Å²) in [6, 6.07) is 7.44. The Hall–Kier alpha value is -1.59. The second-order valence-corrected chi connectivity index (χ2v) is 4.97. The summed E-state index contributed by atoms with van der Waals surface area (Å²) in [7, 11) is 4.01. The van der Waals surface area contributed by atoms with Crippen LogP contribution in [-0.2, 0) is 4.79 Å². The summed E-state index contributed by atoms with van der Waals surface area (Å²) >= 11 is 0. The van der Waals surface area contributed by atoms with Crippen LogP contribution >= 0.6 is 0 Å². The van der Waals surface area contributed by atoms with E-state index in [4.69, 9.17) is 10.5 Å². The van der Waals surface area contributed by atoms with Gasteiger partial charge in [0.15, 0.2) is 0 Å². The topological polar surface area (TPSA) is 67.6 Å². The van der Waals surface area contributed by atoms with Crippen LogP contribution in [0.1, 0.15) is 19.3 Å². The van der Waals surface area contributed by atoms with E-state index in [0.29, 0.717) is 19.6 Å². The molecule has 5 heteroatoms. The molecule has 0 aliphatic carbocycles. The average molecular weight is 279 g/mol. The largest absolute Gasteiger partial charge is 0.492 e. The standard InChI is InChI=1S/C15H25N3O2/c1-18(2)11-12-20-14-8-6-13(7-9-14)17-15(19)5-3-4-10-16/h6-9H,3-5,10-12,16H2,1-2H3,(H,17,19). The molecule has 0 saturated carbocycles. The minimum absolute atomic E-state index is 0.0275. The fraction of sp³-hybridized carbons (Fsp3) is 0.533. The number of unbranched alkanes of at least 4 members (excludes halogenated alkanes) is 1. The zero-order valence-electron chi connectivity index (χ0n) is 12.4. The van der Waals surface area contributed by atoms with Gasteiger partial charge in [0.25, 0.3) is 0 Å². The molecule has 0 spiro atoms. The van der Waals surface area contributed by atoms with Gasteiger partial charge in [-0.25, -0.2) is 0 Å². The SMILES string of the molecule is CN(C)CCOc1ccc(NC(=O)CCCCN)cc1. The van der Waals surface area contributed by atoms with Crippen LogP contribution in [-0.4, -0.2) is 44.6 Å². The van der Waals surface area contributed by atoms with Gasteiger partial charge in [0, 0.05) is 18.7 Å². The van der Waals surface area contributed by atoms with Crippen LogP contribution in [0.4, 0.5) is 5.69 Å². The molecule has 0 heterocycles. The third-order valence-electron chi connectivity index (χ3n) is 2.80. The van der Waals surface area contributed by atoms with E-state index >= 15 is 0 Å². The number of likely N-dealkylation sites (N-methyl/N-ethyl adjacent to an activating group) is 1. The molecule has 1 aromatic carbocycles. The number of rotatable bonds is 9. The lowest BCUT2D eigenvalue weighted by molar-refractivity contribution is -0.116. The van der Waals surface area contributed by atoms with Crippen molar-refractivity contribution < 1.29 is 9.53 Å². The molecule has 0 aromatic heterocycles. The molecular weight excluding hydrogens is 254 g/mol. The smallest absolute Gasteiger partial charge is 0.224 e. The van der Waals surface area contributed by atoms with Gasteiger partial charge in [-0.05, 0) is 57.7 Å². The van der Waals surface area contributed by atoms with Crippen molar-refractivity contribution in [2.75, 3.05) is 39.1 Å². The van der Waals surface area contributed by atoms with Gasteiger partial charge in [0.1, 0.15) is 12.4 Å². The number of nitrogens with zero attached hydrogens (tertiary/aromatic N) is 1. The van der Waals surface area contributed by atoms with Crippen molar-refractivity contribution in [2.24, 2.45) is 5.73 Å². The second kappa shape index (κ2) is 9.34. The maximum absolute atomic E-state index is 11.6. The van der Waals surface area contributed by atoms with Crippen molar-refractivity contribution in [1.29, 1.82) is 0 Å². The highest BCUT2D eigenvalue weighted by molar-refractivity contribution is 5.90. The summed E-state index contributed by atoms with van der Waals surface area (Å²) in [5.74, 6) is 0.840. The highest BCUT2D eigenvalue weighted by Gasteiger charge is 2.02. The van der Waals surface area contributed by atoms with Crippen molar-refractivity contribution in [3.8, 4) is 5.75 Å². The number of benzene rings is 1. The van der Waals surface area contributed by atoms with Crippen molar-refractivity contribution >= 4 is 11.6 Å². The number of nitrogens with two attached hydrogens (primary N) is 1. The fourth-order valence-electron chi connectivity index (χ4n) is 1.63. The lowest BCUT2D eigenvalue weighted by atomic mass is 10.2. The minimum atomic E-state index is 0.0275. The zero-order valence-corrected chi connectivity index (χ0v) is 12.4. The number of nitrogens with one attached hydrogen (secondary N) is 1. The summed E-state index contributed by atoms with van der Waals surface area (Å²) in [5, 5.41) is 2.86. The third-order valence-corrected chi connectivity index (χ3v) is 2.80. The Bertz CT molecular complexity index is 391. The van der Waals surface area contributed by atoms with Crippen molar-refractivity contribution in [3.63, 3.8) is 0 Å². The first-order chi connectivity index (χ1) is 9.61. The quantitative estimate of drug-likeness (QED) is 0.675. The highest BCUT2D eigenvalue weighted by Crippen LogP contribution is 2.16. The summed E-state index contributed by atoms with van der Waals surface area (Å²) in [6.45, 7) is 2.16. The molecule has 0 bridgehead atoms. The molecule has 0 saturated heterocycles. The van der Waals surface area contributed by atoms with Crippen molar-refractivity contribution in [2.45, 2.75) is 19.3 Å². The number of hydrogen-bond donors (Lipinski definition) is 2. The third kappa shape index (κ3) is 7.11. The first kappa shape index (κ1) is 16.5. The van der Waals surface area contributed by atoms with E-state index in [1.54, 1.807) is 0 Å². The van der Waals surface area contributed by atoms with Crippen molar-refractivity contribution in [1.82, 2.24) is 4.90 Å². The van der Waals surface area contributed by atoms with E-state index in [1.165, 1.54) is 0 Å². The number of carbonyl (C=O) groups excluding carboxylic acids is 1. The van der Waals surface area contributed by atoms with Crippen LogP contribution in [0, 0.1) is 0 Å². The summed E-state index contributed by atoms with van der Waals surface area (Å²) in [6.07, 6.45) is 2.22. The predicted molar refractivity (Wildman–Crippen MR) is 82.0 cm³/mol. The lowest BCUT2D eigenvalue weighted by Crippen LogP contribution is -2.19. The molecule has 1 rings (SSSR count). The van der Waals surface area contributed by atoms with Crippen LogP contribution in [0.15, 0.2) is 24.3 Å². The summed E-state index contributed by atoms with van der Waals surface area (Å²) in [4.78, 5) is 13.7. The van der Waals surface area contributed by atoms with Gasteiger partial charge in [-0.15, -0.1) is 0 Å². The Kier molecular flexibility index (Phi) is 7.69. The van der Waals surface area contributed by atoms with Crippen LogP contribution in [0.2, 0.25) is 0 Å². The number of anilines is 1. The van der Waals surface area contributed by atoms with Gasteiger partial charge in [-0.2, -0.15) is 0 Å². The molecular formula is C15H25N3O2. The van der Waals surface area contributed by atoms with E-state index in [1.807, 2.05) is 38.4 Å². The molecule has 3 N–H and O–H groups in total. The van der Waals surface area contributed by atoms with Crippen LogP contribution < -0.4 is 15.8 Å². The van der Waals surface area contributed by atoms with Crippen LogP contribution in [0.25, 0.3) is 0 Å². The lowest BCUT2D eigenvalue weighted by Gasteiger charge is -2.11. The first-order valence-corrected chi connectivity index (χ1v) is 6.99. The van der Waals surface area contributed by atoms with Gasteiger partial charge in [-0.1, -0.05) is 0 Å². The number of carbonyl (C=O) groups is 1. The van der Waals surface area contributed by atoms with Gasteiger partial charge in [-0.3, -0.25) is 4.79 Å². The van der Waals surface area contributed by atoms with Crippen LogP contribution in [0.5, 0.6) is 5.75 Å². The molecule has 0 aliphatic rings. The maximum Gasteiger partial charge on any atom is 0.224 e. The van der Waals surface area contributed by atoms with E-state index in [2.05, 4.69) is 10.2 Å². The molecule has 0 fully saturated rings. The Morgan fingerprint density at radius 2 is 1.95 bits per heavy atom. The van der Waals surface area contributed by atoms with Gasteiger partial charge >= 0.3 is 0 Å². The molecule has 0 aliphatic heterocycles. The van der Waals surface area contributed by atoms with Gasteiger partial charge in [0.05, 0.1) is 0 Å². The Morgan fingerprint density at radius 3 is 2.55 bits per heavy atom. The summed E-state index contributed by atoms with van der Waals surface area (Å²) < 4.78 is 5.59. The minimum Gasteiger partial charge on any atom is -0.492 e. The van der Waals surface area contributed by atoms with Crippen LogP contribution in [0.3, 0.4) is 0 Å². The highest BCUT2D eigenvalue weighted by atomic mass is 16.5. The molecule has 0 radical (unpaired) electrons.